The number of fused-ring (bicyclic) bond motifs is 1. The number of nitrogens with zero attached hydrogens (tertiary/aromatic N) is 4. The fourth-order valence-electron chi connectivity index (χ4n) is 3.70. The molecule has 0 spiro atoms. The minimum atomic E-state index is -0.364. The average molecular weight is 326 g/mol. The molecule has 6 nitrogen and oxygen atoms in total. The van der Waals surface area contributed by atoms with Gasteiger partial charge in [0, 0.05) is 19.5 Å². The molecule has 0 unspecified atom stereocenters. The highest BCUT2D eigenvalue weighted by molar-refractivity contribution is 5.81. The minimum Gasteiger partial charge on any atom is -0.341 e. The average Bonchev–Trinajstić information content (AvgIpc) is 3.29. The third-order valence-corrected chi connectivity index (χ3v) is 5.05. The molecule has 1 aromatic heterocycles. The Balaban J connectivity index is 1.60. The van der Waals surface area contributed by atoms with Gasteiger partial charge in [0.2, 0.25) is 5.91 Å². The summed E-state index contributed by atoms with van der Waals surface area (Å²) >= 11 is 0. The second-order valence-electron chi connectivity index (χ2n) is 6.80. The summed E-state index contributed by atoms with van der Waals surface area (Å²) in [5, 5.41) is 4.46. The van der Waals surface area contributed by atoms with Crippen LogP contribution in [-0.4, -0.2) is 38.2 Å². The summed E-state index contributed by atoms with van der Waals surface area (Å²) in [6.45, 7) is 4.12. The third kappa shape index (κ3) is 2.56. The Morgan fingerprint density at radius 2 is 1.92 bits per heavy atom. The number of carbonyl (C=O) groups excluding carboxylic acids is 1. The van der Waals surface area contributed by atoms with Crippen molar-refractivity contribution in [2.75, 3.05) is 13.1 Å². The molecule has 4 rings (SSSR count). The SMILES string of the molecule is Cc1ccc(Cn2nc3n(c2=O)[C@H](C(=O)N2CCCC2)CC3)cc1. The van der Waals surface area contributed by atoms with Crippen LogP contribution in [0.25, 0.3) is 0 Å². The molecule has 0 saturated carbocycles. The fraction of sp³-hybridized carbons (Fsp3) is 0.500. The van der Waals surface area contributed by atoms with Gasteiger partial charge in [-0.25, -0.2) is 9.48 Å². The van der Waals surface area contributed by atoms with E-state index in [9.17, 15) is 9.59 Å². The lowest BCUT2D eigenvalue weighted by Gasteiger charge is -2.20. The molecule has 0 aliphatic carbocycles. The summed E-state index contributed by atoms with van der Waals surface area (Å²) in [4.78, 5) is 27.3. The Bertz CT molecular complexity index is 813. The van der Waals surface area contributed by atoms with Crippen LogP contribution in [0.4, 0.5) is 0 Å². The van der Waals surface area contributed by atoms with Crippen LogP contribution < -0.4 is 5.69 Å². The van der Waals surface area contributed by atoms with Crippen LogP contribution in [0.3, 0.4) is 0 Å². The third-order valence-electron chi connectivity index (χ3n) is 5.05. The van der Waals surface area contributed by atoms with Gasteiger partial charge in [-0.3, -0.25) is 9.36 Å². The first-order valence-corrected chi connectivity index (χ1v) is 8.66. The molecule has 1 aromatic carbocycles. The molecular formula is C18H22N4O2. The van der Waals surface area contributed by atoms with Gasteiger partial charge in [0.05, 0.1) is 6.54 Å². The normalized spacial score (nSPS) is 19.7. The lowest BCUT2D eigenvalue weighted by atomic mass is 10.1. The van der Waals surface area contributed by atoms with Crippen LogP contribution in [0.2, 0.25) is 0 Å². The highest BCUT2D eigenvalue weighted by atomic mass is 16.2. The molecule has 2 aromatic rings. The Hall–Kier alpha value is -2.37. The number of hydrogen-bond acceptors (Lipinski definition) is 3. The van der Waals surface area contributed by atoms with Crippen molar-refractivity contribution in [2.45, 2.75) is 45.2 Å². The molecule has 2 aliphatic heterocycles. The number of aromatic nitrogens is 3. The number of aryl methyl sites for hydroxylation is 2. The zero-order valence-corrected chi connectivity index (χ0v) is 13.9. The zero-order valence-electron chi connectivity index (χ0n) is 13.9. The molecule has 24 heavy (non-hydrogen) atoms. The molecule has 0 radical (unpaired) electrons. The largest absolute Gasteiger partial charge is 0.346 e. The maximum atomic E-state index is 12.8. The molecule has 0 N–H and O–H groups in total. The summed E-state index contributed by atoms with van der Waals surface area (Å²) < 4.78 is 3.11. The lowest BCUT2D eigenvalue weighted by molar-refractivity contribution is -0.133. The van der Waals surface area contributed by atoms with Crippen LogP contribution in [0.1, 0.15) is 42.3 Å². The van der Waals surface area contributed by atoms with E-state index in [1.54, 1.807) is 4.57 Å². The molecule has 6 heteroatoms. The molecule has 2 aliphatic rings. The summed E-state index contributed by atoms with van der Waals surface area (Å²) in [5.74, 6) is 0.827. The van der Waals surface area contributed by atoms with E-state index in [1.165, 1.54) is 10.2 Å². The van der Waals surface area contributed by atoms with E-state index in [0.717, 1.165) is 37.3 Å². The van der Waals surface area contributed by atoms with Crippen molar-refractivity contribution in [3.8, 4) is 0 Å². The van der Waals surface area contributed by atoms with Crippen molar-refractivity contribution < 1.29 is 4.79 Å². The molecule has 0 bridgehead atoms. The van der Waals surface area contributed by atoms with Gasteiger partial charge in [0.1, 0.15) is 11.9 Å². The van der Waals surface area contributed by atoms with E-state index in [4.69, 9.17) is 0 Å². The standard InChI is InChI=1S/C18H22N4O2/c1-13-4-6-14(7-5-13)12-21-18(24)22-15(8-9-16(22)19-21)17(23)20-10-2-3-11-20/h4-7,15H,2-3,8-12H2,1H3/t15-/m0/s1. The van der Waals surface area contributed by atoms with Gasteiger partial charge >= 0.3 is 5.69 Å². The first-order chi connectivity index (χ1) is 11.6. The quantitative estimate of drug-likeness (QED) is 0.859. The van der Waals surface area contributed by atoms with Crippen molar-refractivity contribution in [3.05, 3.63) is 51.7 Å². The zero-order chi connectivity index (χ0) is 16.7. The van der Waals surface area contributed by atoms with Gasteiger partial charge in [0.25, 0.3) is 0 Å². The number of amides is 1. The molecule has 1 atom stereocenters. The second kappa shape index (κ2) is 5.92. The molecule has 126 valence electrons. The maximum Gasteiger partial charge on any atom is 0.346 e. The minimum absolute atomic E-state index is 0.0863. The summed E-state index contributed by atoms with van der Waals surface area (Å²) in [5.41, 5.74) is 2.07. The van der Waals surface area contributed by atoms with E-state index >= 15 is 0 Å². The predicted octanol–water partition coefficient (Wildman–Crippen LogP) is 1.51. The first-order valence-electron chi connectivity index (χ1n) is 8.66. The summed E-state index contributed by atoms with van der Waals surface area (Å²) in [6.07, 6.45) is 3.51. The van der Waals surface area contributed by atoms with E-state index in [-0.39, 0.29) is 17.6 Å². The van der Waals surface area contributed by atoms with Gasteiger partial charge in [-0.2, -0.15) is 5.10 Å². The Morgan fingerprint density at radius 3 is 2.62 bits per heavy atom. The molecule has 1 fully saturated rings. The van der Waals surface area contributed by atoms with Crippen LogP contribution in [0, 0.1) is 6.92 Å². The number of hydrogen-bond donors (Lipinski definition) is 0. The maximum absolute atomic E-state index is 12.8. The number of rotatable bonds is 3. The van der Waals surface area contributed by atoms with E-state index in [1.807, 2.05) is 36.1 Å². The smallest absolute Gasteiger partial charge is 0.341 e. The second-order valence-corrected chi connectivity index (χ2v) is 6.80. The van der Waals surface area contributed by atoms with Gasteiger partial charge in [-0.15, -0.1) is 0 Å². The van der Waals surface area contributed by atoms with Crippen LogP contribution in [-0.2, 0) is 17.8 Å². The van der Waals surface area contributed by atoms with Gasteiger partial charge < -0.3 is 4.90 Å². The van der Waals surface area contributed by atoms with E-state index < -0.39 is 0 Å². The van der Waals surface area contributed by atoms with Gasteiger partial charge in [-0.05, 0) is 31.7 Å². The van der Waals surface area contributed by atoms with E-state index in [2.05, 4.69) is 5.10 Å². The van der Waals surface area contributed by atoms with Crippen molar-refractivity contribution in [1.29, 1.82) is 0 Å². The van der Waals surface area contributed by atoms with E-state index in [0.29, 0.717) is 19.4 Å². The Morgan fingerprint density at radius 1 is 1.21 bits per heavy atom. The molecular weight excluding hydrogens is 304 g/mol. The highest BCUT2D eigenvalue weighted by Crippen LogP contribution is 2.26. The molecule has 3 heterocycles. The van der Waals surface area contributed by atoms with Crippen molar-refractivity contribution in [3.63, 3.8) is 0 Å². The van der Waals surface area contributed by atoms with Crippen LogP contribution in [0.15, 0.2) is 29.1 Å². The van der Waals surface area contributed by atoms with Crippen molar-refractivity contribution in [2.24, 2.45) is 0 Å². The first kappa shape index (κ1) is 15.2. The Kier molecular flexibility index (Phi) is 3.75. The number of likely N-dealkylation sites (tertiary alicyclic amines) is 1. The van der Waals surface area contributed by atoms with Crippen LogP contribution >= 0.6 is 0 Å². The topological polar surface area (TPSA) is 60.1 Å². The molecule has 1 saturated heterocycles. The molecule has 1 amide bonds. The summed E-state index contributed by atoms with van der Waals surface area (Å²) in [6, 6.07) is 7.73. The van der Waals surface area contributed by atoms with Gasteiger partial charge in [-0.1, -0.05) is 29.8 Å². The fourth-order valence-corrected chi connectivity index (χ4v) is 3.70. The van der Waals surface area contributed by atoms with Crippen molar-refractivity contribution >= 4 is 5.91 Å². The monoisotopic (exact) mass is 326 g/mol. The lowest BCUT2D eigenvalue weighted by Crippen LogP contribution is -2.38. The van der Waals surface area contributed by atoms with Gasteiger partial charge in [0.15, 0.2) is 0 Å². The van der Waals surface area contributed by atoms with Crippen molar-refractivity contribution in [1.82, 2.24) is 19.2 Å². The predicted molar refractivity (Wildman–Crippen MR) is 89.9 cm³/mol. The number of benzene rings is 1. The highest BCUT2D eigenvalue weighted by Gasteiger charge is 2.35. The summed E-state index contributed by atoms with van der Waals surface area (Å²) in [7, 11) is 0. The number of carbonyl (C=O) groups is 1. The Labute approximate surface area is 140 Å². The van der Waals surface area contributed by atoms with Crippen LogP contribution in [0.5, 0.6) is 0 Å².